The van der Waals surface area contributed by atoms with Crippen molar-refractivity contribution in [2.75, 3.05) is 35.5 Å². The molecule has 0 aromatic heterocycles. The van der Waals surface area contributed by atoms with Gasteiger partial charge in [-0.15, -0.1) is 0 Å². The van der Waals surface area contributed by atoms with Gasteiger partial charge in [-0.3, -0.25) is 4.57 Å². The SMILES string of the molecule is COc1ccc(/C=C\c2cc(OC)c(OC)c(OC)c2)cc1OP(=O)([O-])OC.[NH4+]. The van der Waals surface area contributed by atoms with E-state index in [1.54, 1.807) is 30.3 Å². The topological polar surface area (TPSA) is 132 Å². The van der Waals surface area contributed by atoms with Crippen molar-refractivity contribution in [1.29, 1.82) is 0 Å². The Kier molecular flexibility index (Phi) is 9.00. The molecule has 0 fully saturated rings. The van der Waals surface area contributed by atoms with E-state index in [1.807, 2.05) is 6.08 Å². The van der Waals surface area contributed by atoms with Crippen LogP contribution in [0.25, 0.3) is 12.2 Å². The number of hydrogen-bond acceptors (Lipinski definition) is 8. The Morgan fingerprint density at radius 2 is 1.28 bits per heavy atom. The van der Waals surface area contributed by atoms with Crippen LogP contribution < -0.4 is 34.5 Å². The number of methoxy groups -OCH3 is 4. The molecule has 1 unspecified atom stereocenters. The summed E-state index contributed by atoms with van der Waals surface area (Å²) in [4.78, 5) is 11.6. The molecule has 0 aliphatic carbocycles. The van der Waals surface area contributed by atoms with Crippen molar-refractivity contribution in [1.82, 2.24) is 6.15 Å². The number of phosphoric ester groups is 1. The summed E-state index contributed by atoms with van der Waals surface area (Å²) in [5.74, 6) is 1.82. The van der Waals surface area contributed by atoms with Gasteiger partial charge in [0.2, 0.25) is 5.75 Å². The average Bonchev–Trinajstić information content (AvgIpc) is 2.71. The molecule has 0 saturated carbocycles. The largest absolute Gasteiger partial charge is 0.746 e. The fraction of sp³-hybridized carbons (Fsp3) is 0.263. The Balaban J connectivity index is 0.00000420. The van der Waals surface area contributed by atoms with E-state index in [-0.39, 0.29) is 17.6 Å². The maximum atomic E-state index is 11.6. The van der Waals surface area contributed by atoms with E-state index in [1.165, 1.54) is 34.5 Å². The Morgan fingerprint density at radius 1 is 0.759 bits per heavy atom. The second-order valence-electron chi connectivity index (χ2n) is 5.42. The molecule has 0 amide bonds. The third-order valence-corrected chi connectivity index (χ3v) is 4.64. The van der Waals surface area contributed by atoms with Gasteiger partial charge in [0, 0.05) is 7.11 Å². The second-order valence-corrected chi connectivity index (χ2v) is 6.87. The molecule has 2 aromatic rings. The third-order valence-electron chi connectivity index (χ3n) is 3.78. The van der Waals surface area contributed by atoms with Gasteiger partial charge in [0.15, 0.2) is 23.0 Å². The molecule has 0 radical (unpaired) electrons. The zero-order valence-electron chi connectivity index (χ0n) is 17.3. The van der Waals surface area contributed by atoms with Crippen molar-refractivity contribution in [3.63, 3.8) is 0 Å². The predicted molar refractivity (Wildman–Crippen MR) is 109 cm³/mol. The van der Waals surface area contributed by atoms with Crippen LogP contribution in [0.3, 0.4) is 0 Å². The van der Waals surface area contributed by atoms with Crippen molar-refractivity contribution >= 4 is 20.0 Å². The highest BCUT2D eigenvalue weighted by Gasteiger charge is 2.14. The summed E-state index contributed by atoms with van der Waals surface area (Å²) in [7, 11) is 2.58. The fourth-order valence-corrected chi connectivity index (χ4v) is 2.87. The molecule has 0 saturated heterocycles. The smallest absolute Gasteiger partial charge is 0.319 e. The standard InChI is InChI=1S/C19H23O8P.H3N/c1-22-15-9-8-13(10-16(15)27-28(20,21)26-5)6-7-14-11-17(23-2)19(25-4)18(12-14)24-3;/h6-12H,1-5H3,(H,20,21);1H3/b7-6-;. The number of benzene rings is 2. The minimum atomic E-state index is -4.46. The second kappa shape index (κ2) is 10.7. The Bertz CT molecular complexity index is 875. The van der Waals surface area contributed by atoms with E-state index in [2.05, 4.69) is 4.52 Å². The number of phosphoric acid groups is 1. The first kappa shape index (κ1) is 24.3. The molecule has 2 rings (SSSR count). The highest BCUT2D eigenvalue weighted by atomic mass is 31.2. The van der Waals surface area contributed by atoms with Crippen LogP contribution in [0.2, 0.25) is 0 Å². The highest BCUT2D eigenvalue weighted by molar-refractivity contribution is 7.46. The quantitative estimate of drug-likeness (QED) is 0.472. The Hall–Kier alpha value is -2.71. The number of rotatable bonds is 9. The predicted octanol–water partition coefficient (Wildman–Crippen LogP) is 3.76. The van der Waals surface area contributed by atoms with Crippen molar-refractivity contribution in [3.05, 3.63) is 41.5 Å². The summed E-state index contributed by atoms with van der Waals surface area (Å²) in [6.07, 6.45) is 3.58. The van der Waals surface area contributed by atoms with Gasteiger partial charge in [0.1, 0.15) is 0 Å². The third kappa shape index (κ3) is 6.13. The minimum Gasteiger partial charge on any atom is -0.746 e. The van der Waals surface area contributed by atoms with E-state index in [9.17, 15) is 9.46 Å². The molecule has 9 nitrogen and oxygen atoms in total. The first-order valence-electron chi connectivity index (χ1n) is 8.10. The van der Waals surface area contributed by atoms with E-state index in [0.717, 1.165) is 12.7 Å². The lowest BCUT2D eigenvalue weighted by molar-refractivity contribution is -0.214. The fourth-order valence-electron chi connectivity index (χ4n) is 2.42. The first-order chi connectivity index (χ1) is 13.4. The van der Waals surface area contributed by atoms with Crippen LogP contribution in [0.1, 0.15) is 11.1 Å². The van der Waals surface area contributed by atoms with Gasteiger partial charge in [0.05, 0.1) is 28.4 Å². The highest BCUT2D eigenvalue weighted by Crippen LogP contribution is 2.43. The van der Waals surface area contributed by atoms with Crippen molar-refractivity contribution < 1.29 is 37.5 Å². The summed E-state index contributed by atoms with van der Waals surface area (Å²) in [6, 6.07) is 8.45. The lowest BCUT2D eigenvalue weighted by Crippen LogP contribution is -2.09. The first-order valence-corrected chi connectivity index (χ1v) is 9.56. The van der Waals surface area contributed by atoms with E-state index < -0.39 is 7.82 Å². The van der Waals surface area contributed by atoms with Crippen LogP contribution in [-0.4, -0.2) is 35.5 Å². The molecule has 0 spiro atoms. The van der Waals surface area contributed by atoms with Gasteiger partial charge in [-0.05, 0) is 35.4 Å². The Labute approximate surface area is 170 Å². The molecule has 1 atom stereocenters. The monoisotopic (exact) mass is 427 g/mol. The number of hydrogen-bond donors (Lipinski definition) is 1. The van der Waals surface area contributed by atoms with Crippen LogP contribution >= 0.6 is 7.82 Å². The maximum absolute atomic E-state index is 11.6. The molecule has 4 N–H and O–H groups in total. The molecule has 10 heteroatoms. The number of quaternary nitrogens is 1. The molecule has 160 valence electrons. The summed E-state index contributed by atoms with van der Waals surface area (Å²) in [5, 5.41) is 0. The van der Waals surface area contributed by atoms with Crippen LogP contribution in [0.5, 0.6) is 28.7 Å². The van der Waals surface area contributed by atoms with Gasteiger partial charge in [-0.2, -0.15) is 0 Å². The molecule has 0 aliphatic rings. The van der Waals surface area contributed by atoms with Gasteiger partial charge < -0.3 is 39.0 Å². The zero-order valence-corrected chi connectivity index (χ0v) is 18.1. The van der Waals surface area contributed by atoms with Gasteiger partial charge >= 0.3 is 7.82 Å². The Morgan fingerprint density at radius 3 is 1.76 bits per heavy atom. The van der Waals surface area contributed by atoms with Gasteiger partial charge in [-0.1, -0.05) is 18.2 Å². The summed E-state index contributed by atoms with van der Waals surface area (Å²) in [5.41, 5.74) is 1.47. The van der Waals surface area contributed by atoms with Crippen LogP contribution in [0, 0.1) is 0 Å². The summed E-state index contributed by atoms with van der Waals surface area (Å²) >= 11 is 0. The average molecular weight is 427 g/mol. The normalized spacial score (nSPS) is 12.6. The molecular weight excluding hydrogens is 401 g/mol. The summed E-state index contributed by atoms with van der Waals surface area (Å²) < 4.78 is 42.0. The molecule has 0 heterocycles. The lowest BCUT2D eigenvalue weighted by atomic mass is 10.1. The van der Waals surface area contributed by atoms with E-state index >= 15 is 0 Å². The molecule has 29 heavy (non-hydrogen) atoms. The van der Waals surface area contributed by atoms with E-state index in [4.69, 9.17) is 23.5 Å². The zero-order chi connectivity index (χ0) is 20.7. The van der Waals surface area contributed by atoms with Crippen LogP contribution in [-0.2, 0) is 9.09 Å². The van der Waals surface area contributed by atoms with E-state index in [0.29, 0.717) is 22.8 Å². The number of ether oxygens (including phenoxy) is 4. The van der Waals surface area contributed by atoms with Gasteiger partial charge in [-0.25, -0.2) is 0 Å². The van der Waals surface area contributed by atoms with Crippen molar-refractivity contribution in [3.8, 4) is 28.7 Å². The lowest BCUT2D eigenvalue weighted by Gasteiger charge is -2.22. The minimum absolute atomic E-state index is 0. The molecular formula is C19H26NO8P. The van der Waals surface area contributed by atoms with Crippen molar-refractivity contribution in [2.45, 2.75) is 0 Å². The molecule has 0 aliphatic heterocycles. The van der Waals surface area contributed by atoms with Crippen LogP contribution in [0.15, 0.2) is 30.3 Å². The molecule has 2 aromatic carbocycles. The van der Waals surface area contributed by atoms with Crippen LogP contribution in [0.4, 0.5) is 0 Å². The maximum Gasteiger partial charge on any atom is 0.319 e. The summed E-state index contributed by atoms with van der Waals surface area (Å²) in [6.45, 7) is 0. The van der Waals surface area contributed by atoms with Gasteiger partial charge in [0.25, 0.3) is 0 Å². The van der Waals surface area contributed by atoms with Crippen molar-refractivity contribution in [2.24, 2.45) is 0 Å². The molecule has 0 bridgehead atoms.